The Bertz CT molecular complexity index is 134. The largest absolute Gasteiger partial charge is 0.306 e. The molecule has 1 aliphatic rings. The summed E-state index contributed by atoms with van der Waals surface area (Å²) >= 11 is 0. The SMILES string of the molecule is CC1CCC1NC(C)(C)CF. The van der Waals surface area contributed by atoms with E-state index in [9.17, 15) is 4.39 Å². The number of rotatable bonds is 3. The molecule has 0 aromatic carbocycles. The van der Waals surface area contributed by atoms with E-state index in [-0.39, 0.29) is 12.2 Å². The number of halogens is 1. The molecule has 0 aromatic rings. The van der Waals surface area contributed by atoms with E-state index in [4.69, 9.17) is 0 Å². The Labute approximate surface area is 68.4 Å². The minimum Gasteiger partial charge on any atom is -0.306 e. The maximum absolute atomic E-state index is 12.4. The molecule has 0 bridgehead atoms. The first-order valence-electron chi connectivity index (χ1n) is 4.39. The fourth-order valence-electron chi connectivity index (χ4n) is 1.42. The molecule has 1 fully saturated rings. The molecule has 1 rings (SSSR count). The fourth-order valence-corrected chi connectivity index (χ4v) is 1.42. The maximum atomic E-state index is 12.4. The molecule has 0 amide bonds. The summed E-state index contributed by atoms with van der Waals surface area (Å²) in [5.41, 5.74) is -0.320. The highest BCUT2D eigenvalue weighted by molar-refractivity contribution is 4.90. The third kappa shape index (κ3) is 2.16. The van der Waals surface area contributed by atoms with Crippen LogP contribution in [0.3, 0.4) is 0 Å². The van der Waals surface area contributed by atoms with Crippen LogP contribution < -0.4 is 5.32 Å². The van der Waals surface area contributed by atoms with Crippen molar-refractivity contribution < 1.29 is 4.39 Å². The average Bonchev–Trinajstić information content (AvgIpc) is 1.98. The number of alkyl halides is 1. The summed E-state index contributed by atoms with van der Waals surface area (Å²) in [6, 6.07) is 0.556. The van der Waals surface area contributed by atoms with Crippen LogP contribution in [-0.2, 0) is 0 Å². The molecule has 0 spiro atoms. The van der Waals surface area contributed by atoms with Gasteiger partial charge in [0, 0.05) is 11.6 Å². The van der Waals surface area contributed by atoms with Crippen LogP contribution in [0.2, 0.25) is 0 Å². The van der Waals surface area contributed by atoms with Gasteiger partial charge < -0.3 is 5.32 Å². The van der Waals surface area contributed by atoms with Crippen molar-refractivity contribution in [3.63, 3.8) is 0 Å². The van der Waals surface area contributed by atoms with Crippen molar-refractivity contribution in [2.24, 2.45) is 5.92 Å². The van der Waals surface area contributed by atoms with Gasteiger partial charge in [-0.3, -0.25) is 0 Å². The first-order chi connectivity index (χ1) is 5.05. The summed E-state index contributed by atoms with van der Waals surface area (Å²) in [7, 11) is 0. The molecular weight excluding hydrogens is 141 g/mol. The van der Waals surface area contributed by atoms with Gasteiger partial charge in [0.05, 0.1) is 0 Å². The molecule has 0 saturated heterocycles. The highest BCUT2D eigenvalue weighted by Gasteiger charge is 2.31. The quantitative estimate of drug-likeness (QED) is 0.665. The highest BCUT2D eigenvalue weighted by atomic mass is 19.1. The summed E-state index contributed by atoms with van der Waals surface area (Å²) in [6.07, 6.45) is 2.50. The molecular formula is C9H18FN. The van der Waals surface area contributed by atoms with E-state index in [1.165, 1.54) is 12.8 Å². The predicted octanol–water partition coefficient (Wildman–Crippen LogP) is 2.12. The van der Waals surface area contributed by atoms with Crippen LogP contribution in [0.4, 0.5) is 4.39 Å². The van der Waals surface area contributed by atoms with Crippen molar-refractivity contribution in [1.82, 2.24) is 5.32 Å². The Hall–Kier alpha value is -0.110. The molecule has 0 aromatic heterocycles. The summed E-state index contributed by atoms with van der Waals surface area (Å²) in [5.74, 6) is 0.737. The van der Waals surface area contributed by atoms with Crippen LogP contribution in [0.5, 0.6) is 0 Å². The Morgan fingerprint density at radius 2 is 2.09 bits per heavy atom. The first kappa shape index (κ1) is 8.98. The van der Waals surface area contributed by atoms with E-state index in [1.807, 2.05) is 13.8 Å². The second-order valence-electron chi connectivity index (χ2n) is 4.32. The van der Waals surface area contributed by atoms with Crippen molar-refractivity contribution in [3.05, 3.63) is 0 Å². The summed E-state index contributed by atoms with van der Waals surface area (Å²) in [4.78, 5) is 0. The maximum Gasteiger partial charge on any atom is 0.107 e. The van der Waals surface area contributed by atoms with E-state index in [0.717, 1.165) is 5.92 Å². The smallest absolute Gasteiger partial charge is 0.107 e. The molecule has 0 heterocycles. The Morgan fingerprint density at radius 3 is 2.36 bits per heavy atom. The van der Waals surface area contributed by atoms with E-state index in [2.05, 4.69) is 12.2 Å². The minimum atomic E-state index is -0.320. The Kier molecular flexibility index (Phi) is 2.53. The van der Waals surface area contributed by atoms with Crippen molar-refractivity contribution in [3.8, 4) is 0 Å². The zero-order chi connectivity index (χ0) is 8.48. The summed E-state index contributed by atoms with van der Waals surface area (Å²) in [5, 5.41) is 3.32. The summed E-state index contributed by atoms with van der Waals surface area (Å²) < 4.78 is 12.4. The first-order valence-corrected chi connectivity index (χ1v) is 4.39. The lowest BCUT2D eigenvalue weighted by atomic mass is 9.80. The topological polar surface area (TPSA) is 12.0 Å². The normalized spacial score (nSPS) is 31.6. The molecule has 1 aliphatic carbocycles. The highest BCUT2D eigenvalue weighted by Crippen LogP contribution is 2.28. The number of nitrogens with one attached hydrogen (secondary N) is 1. The van der Waals surface area contributed by atoms with E-state index in [0.29, 0.717) is 6.04 Å². The molecule has 1 nitrogen and oxygen atoms in total. The van der Waals surface area contributed by atoms with E-state index >= 15 is 0 Å². The van der Waals surface area contributed by atoms with Crippen LogP contribution in [0, 0.1) is 5.92 Å². The molecule has 1 N–H and O–H groups in total. The molecule has 11 heavy (non-hydrogen) atoms. The van der Waals surface area contributed by atoms with Crippen LogP contribution in [-0.4, -0.2) is 18.3 Å². The van der Waals surface area contributed by atoms with Crippen molar-refractivity contribution in [1.29, 1.82) is 0 Å². The van der Waals surface area contributed by atoms with Crippen molar-refractivity contribution in [2.45, 2.75) is 45.2 Å². The van der Waals surface area contributed by atoms with Gasteiger partial charge in [-0.25, -0.2) is 4.39 Å². The molecule has 66 valence electrons. The second kappa shape index (κ2) is 3.10. The third-order valence-corrected chi connectivity index (χ3v) is 2.53. The van der Waals surface area contributed by atoms with E-state index < -0.39 is 0 Å². The van der Waals surface area contributed by atoms with Crippen LogP contribution >= 0.6 is 0 Å². The molecule has 2 heteroatoms. The lowest BCUT2D eigenvalue weighted by molar-refractivity contribution is 0.160. The number of hydrogen-bond donors (Lipinski definition) is 1. The second-order valence-corrected chi connectivity index (χ2v) is 4.32. The number of hydrogen-bond acceptors (Lipinski definition) is 1. The minimum absolute atomic E-state index is 0.282. The molecule has 1 saturated carbocycles. The third-order valence-electron chi connectivity index (χ3n) is 2.53. The van der Waals surface area contributed by atoms with Crippen LogP contribution in [0.1, 0.15) is 33.6 Å². The zero-order valence-electron chi connectivity index (χ0n) is 7.65. The van der Waals surface area contributed by atoms with Crippen LogP contribution in [0.25, 0.3) is 0 Å². The average molecular weight is 159 g/mol. The van der Waals surface area contributed by atoms with Crippen LogP contribution in [0.15, 0.2) is 0 Å². The lowest BCUT2D eigenvalue weighted by Crippen LogP contribution is -2.53. The van der Waals surface area contributed by atoms with E-state index in [1.54, 1.807) is 0 Å². The van der Waals surface area contributed by atoms with Gasteiger partial charge in [-0.1, -0.05) is 6.92 Å². The molecule has 0 radical (unpaired) electrons. The van der Waals surface area contributed by atoms with Gasteiger partial charge in [0.25, 0.3) is 0 Å². The summed E-state index contributed by atoms with van der Waals surface area (Å²) in [6.45, 7) is 5.77. The standard InChI is InChI=1S/C9H18FN/c1-7-4-5-8(7)11-9(2,3)6-10/h7-8,11H,4-6H2,1-3H3. The molecule has 2 atom stereocenters. The zero-order valence-corrected chi connectivity index (χ0v) is 7.65. The monoisotopic (exact) mass is 159 g/mol. The van der Waals surface area contributed by atoms with Gasteiger partial charge in [-0.15, -0.1) is 0 Å². The lowest BCUT2D eigenvalue weighted by Gasteiger charge is -2.40. The Morgan fingerprint density at radius 1 is 1.45 bits per heavy atom. The Balaban J connectivity index is 2.29. The van der Waals surface area contributed by atoms with Gasteiger partial charge in [0.2, 0.25) is 0 Å². The molecule has 2 unspecified atom stereocenters. The van der Waals surface area contributed by atoms with Gasteiger partial charge in [0.15, 0.2) is 0 Å². The van der Waals surface area contributed by atoms with Crippen molar-refractivity contribution >= 4 is 0 Å². The van der Waals surface area contributed by atoms with Gasteiger partial charge >= 0.3 is 0 Å². The van der Waals surface area contributed by atoms with Gasteiger partial charge in [-0.05, 0) is 32.6 Å². The predicted molar refractivity (Wildman–Crippen MR) is 45.4 cm³/mol. The van der Waals surface area contributed by atoms with Gasteiger partial charge in [-0.2, -0.15) is 0 Å². The fraction of sp³-hybridized carbons (Fsp3) is 1.00. The molecule has 0 aliphatic heterocycles. The van der Waals surface area contributed by atoms with Crippen molar-refractivity contribution in [2.75, 3.05) is 6.67 Å². The van der Waals surface area contributed by atoms with Gasteiger partial charge in [0.1, 0.15) is 6.67 Å².